The van der Waals surface area contributed by atoms with E-state index in [1.807, 2.05) is 32.9 Å². The predicted octanol–water partition coefficient (Wildman–Crippen LogP) is 7.40. The molecule has 0 aromatic heterocycles. The average Bonchev–Trinajstić information content (AvgIpc) is 2.75. The number of carbonyl (C=O) groups is 2. The second-order valence-corrected chi connectivity index (χ2v) is 10.3. The minimum Gasteiger partial charge on any atom is -0.454 e. The van der Waals surface area contributed by atoms with E-state index in [4.69, 9.17) is 9.47 Å². The Morgan fingerprint density at radius 3 is 1.74 bits per heavy atom. The van der Waals surface area contributed by atoms with Crippen LogP contribution in [0.5, 0.6) is 5.75 Å². The molecule has 0 aliphatic carbocycles. The molecule has 4 nitrogen and oxygen atoms in total. The van der Waals surface area contributed by atoms with Crippen molar-refractivity contribution in [1.29, 1.82) is 0 Å². The normalized spacial score (nSPS) is 13.4. The van der Waals surface area contributed by atoms with Gasteiger partial charge < -0.3 is 9.47 Å². The van der Waals surface area contributed by atoms with E-state index in [1.165, 1.54) is 22.3 Å². The predicted molar refractivity (Wildman–Crippen MR) is 139 cm³/mol. The van der Waals surface area contributed by atoms with Crippen LogP contribution in [-0.4, -0.2) is 18.0 Å². The van der Waals surface area contributed by atoms with Crippen LogP contribution in [0.1, 0.15) is 106 Å². The SMILES string of the molecule is CCCC(C)OC(=O)C(=O)Oc1c(C)cc(C(C)(C)c2cc(C)c(C(C)CC)c(C)c2)cc1C. The van der Waals surface area contributed by atoms with Gasteiger partial charge in [0.2, 0.25) is 0 Å². The van der Waals surface area contributed by atoms with Crippen LogP contribution in [0.15, 0.2) is 24.3 Å². The second-order valence-electron chi connectivity index (χ2n) is 10.3. The third-order valence-electron chi connectivity index (χ3n) is 6.97. The molecule has 0 radical (unpaired) electrons. The Bertz CT molecular complexity index is 1000. The monoisotopic (exact) mass is 466 g/mol. The lowest BCUT2D eigenvalue weighted by Crippen LogP contribution is -2.27. The number of esters is 2. The summed E-state index contributed by atoms with van der Waals surface area (Å²) in [5.74, 6) is -0.971. The van der Waals surface area contributed by atoms with Crippen molar-refractivity contribution in [3.63, 3.8) is 0 Å². The Hall–Kier alpha value is -2.62. The van der Waals surface area contributed by atoms with Crippen LogP contribution in [0.3, 0.4) is 0 Å². The first-order chi connectivity index (χ1) is 15.8. The van der Waals surface area contributed by atoms with Gasteiger partial charge in [-0.1, -0.05) is 65.3 Å². The summed E-state index contributed by atoms with van der Waals surface area (Å²) in [6, 6.07) is 8.71. The third kappa shape index (κ3) is 6.08. The number of carbonyl (C=O) groups excluding carboxylic acids is 2. The molecule has 0 saturated heterocycles. The van der Waals surface area contributed by atoms with Gasteiger partial charge in [0.05, 0.1) is 6.10 Å². The van der Waals surface area contributed by atoms with Crippen molar-refractivity contribution in [3.05, 3.63) is 63.2 Å². The molecule has 0 fully saturated rings. The highest BCUT2D eigenvalue weighted by Gasteiger charge is 2.28. The molecular weight excluding hydrogens is 424 g/mol. The van der Waals surface area contributed by atoms with Crippen molar-refractivity contribution in [2.24, 2.45) is 0 Å². The minimum absolute atomic E-state index is 0.240. The van der Waals surface area contributed by atoms with Crippen molar-refractivity contribution in [2.75, 3.05) is 0 Å². The fourth-order valence-corrected chi connectivity index (χ4v) is 4.79. The number of benzene rings is 2. The molecule has 2 unspecified atom stereocenters. The summed E-state index contributed by atoms with van der Waals surface area (Å²) in [6.45, 7) is 20.9. The van der Waals surface area contributed by atoms with Gasteiger partial charge in [-0.25, -0.2) is 9.59 Å². The number of hydrogen-bond acceptors (Lipinski definition) is 4. The van der Waals surface area contributed by atoms with Gasteiger partial charge in [0.15, 0.2) is 0 Å². The summed E-state index contributed by atoms with van der Waals surface area (Å²) < 4.78 is 10.7. The van der Waals surface area contributed by atoms with E-state index in [0.29, 0.717) is 18.1 Å². The first-order valence-electron chi connectivity index (χ1n) is 12.5. The van der Waals surface area contributed by atoms with E-state index in [2.05, 4.69) is 53.7 Å². The molecule has 2 atom stereocenters. The van der Waals surface area contributed by atoms with E-state index in [0.717, 1.165) is 29.5 Å². The lowest BCUT2D eigenvalue weighted by Gasteiger charge is -2.30. The average molecular weight is 467 g/mol. The lowest BCUT2D eigenvalue weighted by molar-refractivity contribution is -0.165. The fourth-order valence-electron chi connectivity index (χ4n) is 4.79. The van der Waals surface area contributed by atoms with Crippen LogP contribution in [0.25, 0.3) is 0 Å². The number of aryl methyl sites for hydroxylation is 4. The molecule has 0 aliphatic rings. The highest BCUT2D eigenvalue weighted by atomic mass is 16.6. The topological polar surface area (TPSA) is 52.6 Å². The first kappa shape index (κ1) is 27.6. The molecule has 0 amide bonds. The molecule has 0 heterocycles. The summed E-state index contributed by atoms with van der Waals surface area (Å²) in [6.07, 6.45) is 2.39. The zero-order chi connectivity index (χ0) is 25.8. The zero-order valence-electron chi connectivity index (χ0n) is 22.7. The van der Waals surface area contributed by atoms with E-state index >= 15 is 0 Å². The first-order valence-corrected chi connectivity index (χ1v) is 12.5. The van der Waals surface area contributed by atoms with Crippen LogP contribution in [-0.2, 0) is 19.7 Å². The van der Waals surface area contributed by atoms with Crippen LogP contribution in [0.2, 0.25) is 0 Å². The molecule has 2 aromatic rings. The van der Waals surface area contributed by atoms with Gasteiger partial charge in [-0.15, -0.1) is 0 Å². The van der Waals surface area contributed by atoms with Gasteiger partial charge in [-0.05, 0) is 92.3 Å². The molecule has 0 N–H and O–H groups in total. The van der Waals surface area contributed by atoms with Gasteiger partial charge >= 0.3 is 11.9 Å². The minimum atomic E-state index is -0.979. The van der Waals surface area contributed by atoms with Gasteiger partial charge in [-0.2, -0.15) is 0 Å². The maximum absolute atomic E-state index is 12.3. The van der Waals surface area contributed by atoms with E-state index in [-0.39, 0.29) is 11.5 Å². The number of rotatable bonds is 8. The lowest BCUT2D eigenvalue weighted by atomic mass is 9.75. The molecule has 0 saturated carbocycles. The van der Waals surface area contributed by atoms with Crippen molar-refractivity contribution in [1.82, 2.24) is 0 Å². The molecular formula is C30H42O4. The fraction of sp³-hybridized carbons (Fsp3) is 0.533. The summed E-state index contributed by atoms with van der Waals surface area (Å²) in [5.41, 5.74) is 7.88. The number of ether oxygens (including phenoxy) is 2. The Morgan fingerprint density at radius 1 is 0.824 bits per heavy atom. The number of hydrogen-bond donors (Lipinski definition) is 0. The maximum Gasteiger partial charge on any atom is 0.422 e. The Morgan fingerprint density at radius 2 is 1.29 bits per heavy atom. The van der Waals surface area contributed by atoms with Gasteiger partial charge in [0, 0.05) is 5.41 Å². The smallest absolute Gasteiger partial charge is 0.422 e. The van der Waals surface area contributed by atoms with Crippen molar-refractivity contribution in [2.45, 2.75) is 106 Å². The van der Waals surface area contributed by atoms with Crippen LogP contribution < -0.4 is 4.74 Å². The highest BCUT2D eigenvalue weighted by molar-refractivity contribution is 6.30. The Kier molecular flexibility index (Phi) is 9.10. The molecule has 0 bridgehead atoms. The summed E-state index contributed by atoms with van der Waals surface area (Å²) in [4.78, 5) is 24.5. The Labute approximate surface area is 206 Å². The van der Waals surface area contributed by atoms with Crippen molar-refractivity contribution in [3.8, 4) is 5.75 Å². The standard InChI is InChI=1S/C30H42O4/c1-11-13-23(8)33-28(31)29(32)34-27-21(6)16-25(17-22(27)7)30(9,10)24-14-19(4)26(18(3)12-2)20(5)15-24/h14-18,23H,11-13H2,1-10H3. The quantitative estimate of drug-likeness (QED) is 0.231. The molecule has 2 rings (SSSR count). The molecule has 186 valence electrons. The molecule has 2 aromatic carbocycles. The summed E-state index contributed by atoms with van der Waals surface area (Å²) >= 11 is 0. The van der Waals surface area contributed by atoms with Crippen molar-refractivity contribution < 1.29 is 19.1 Å². The van der Waals surface area contributed by atoms with Gasteiger partial charge in [-0.3, -0.25) is 0 Å². The third-order valence-corrected chi connectivity index (χ3v) is 6.97. The second kappa shape index (κ2) is 11.2. The zero-order valence-corrected chi connectivity index (χ0v) is 22.7. The molecule has 4 heteroatoms. The van der Waals surface area contributed by atoms with E-state index in [1.54, 1.807) is 6.92 Å². The highest BCUT2D eigenvalue weighted by Crippen LogP contribution is 2.38. The van der Waals surface area contributed by atoms with Gasteiger partial charge in [0.25, 0.3) is 0 Å². The summed E-state index contributed by atoms with van der Waals surface area (Å²) in [5, 5.41) is 0. The largest absolute Gasteiger partial charge is 0.454 e. The van der Waals surface area contributed by atoms with E-state index in [9.17, 15) is 9.59 Å². The molecule has 34 heavy (non-hydrogen) atoms. The van der Waals surface area contributed by atoms with Crippen LogP contribution in [0, 0.1) is 27.7 Å². The summed E-state index contributed by atoms with van der Waals surface area (Å²) in [7, 11) is 0. The Balaban J connectivity index is 2.35. The van der Waals surface area contributed by atoms with Crippen LogP contribution >= 0.6 is 0 Å². The molecule has 0 spiro atoms. The molecule has 0 aliphatic heterocycles. The van der Waals surface area contributed by atoms with Crippen LogP contribution in [0.4, 0.5) is 0 Å². The van der Waals surface area contributed by atoms with E-state index < -0.39 is 11.9 Å². The van der Waals surface area contributed by atoms with Crippen molar-refractivity contribution >= 4 is 11.9 Å². The maximum atomic E-state index is 12.3. The van der Waals surface area contributed by atoms with Gasteiger partial charge in [0.1, 0.15) is 5.75 Å².